The van der Waals surface area contributed by atoms with E-state index in [0.717, 1.165) is 0 Å². The van der Waals surface area contributed by atoms with Crippen LogP contribution in [0, 0.1) is 0 Å². The number of benzene rings is 1. The quantitative estimate of drug-likeness (QED) is 0.794. The predicted molar refractivity (Wildman–Crippen MR) is 75.5 cm³/mol. The largest absolute Gasteiger partial charge is 0.496 e. The summed E-state index contributed by atoms with van der Waals surface area (Å²) in [5.74, 6) is 0.0399. The lowest BCUT2D eigenvalue weighted by atomic mass is 10.1. The zero-order valence-electron chi connectivity index (χ0n) is 11.7. The second kappa shape index (κ2) is 5.81. The lowest BCUT2D eigenvalue weighted by Gasteiger charge is -2.35. The van der Waals surface area contributed by atoms with Crippen molar-refractivity contribution in [2.75, 3.05) is 25.9 Å². The average molecular weight is 277 g/mol. The maximum absolute atomic E-state index is 12.7. The molecule has 3 N–H and O–H groups in total. The molecular weight excluding hydrogens is 258 g/mol. The van der Waals surface area contributed by atoms with Crippen LogP contribution in [0.15, 0.2) is 18.2 Å². The molecule has 1 atom stereocenters. The fourth-order valence-electron chi connectivity index (χ4n) is 2.45. The molecular formula is C14H19N3O3. The number of amides is 2. The summed E-state index contributed by atoms with van der Waals surface area (Å²) < 4.78 is 5.21. The summed E-state index contributed by atoms with van der Waals surface area (Å²) >= 11 is 0. The van der Waals surface area contributed by atoms with Gasteiger partial charge in [0.05, 0.1) is 7.11 Å². The van der Waals surface area contributed by atoms with E-state index in [1.807, 2.05) is 6.92 Å². The minimum absolute atomic E-state index is 0.124. The molecule has 1 heterocycles. The molecule has 1 aliphatic heterocycles. The number of nitrogen functional groups attached to an aromatic ring is 1. The van der Waals surface area contributed by atoms with Gasteiger partial charge >= 0.3 is 0 Å². The third kappa shape index (κ3) is 2.41. The van der Waals surface area contributed by atoms with E-state index in [9.17, 15) is 9.59 Å². The van der Waals surface area contributed by atoms with Crippen molar-refractivity contribution in [1.82, 2.24) is 10.2 Å². The van der Waals surface area contributed by atoms with Crippen LogP contribution in [0.25, 0.3) is 0 Å². The number of carbonyl (C=O) groups is 2. The molecule has 108 valence electrons. The van der Waals surface area contributed by atoms with E-state index >= 15 is 0 Å². The van der Waals surface area contributed by atoms with E-state index in [-0.39, 0.29) is 11.8 Å². The number of piperazine rings is 1. The number of methoxy groups -OCH3 is 1. The van der Waals surface area contributed by atoms with Gasteiger partial charge in [-0.2, -0.15) is 0 Å². The Bertz CT molecular complexity index is 530. The zero-order valence-corrected chi connectivity index (χ0v) is 11.7. The van der Waals surface area contributed by atoms with Crippen molar-refractivity contribution >= 4 is 17.5 Å². The Balaban J connectivity index is 2.38. The van der Waals surface area contributed by atoms with Crippen molar-refractivity contribution in [2.45, 2.75) is 19.4 Å². The van der Waals surface area contributed by atoms with Crippen LogP contribution in [0.5, 0.6) is 5.75 Å². The van der Waals surface area contributed by atoms with Gasteiger partial charge < -0.3 is 20.7 Å². The zero-order chi connectivity index (χ0) is 14.7. The standard InChI is InChI=1S/C14H19N3O3/c1-3-10-13(18)16-7-8-17(10)14(19)12-9(15)5-4-6-11(12)20-2/h4-6,10H,3,7-8,15H2,1-2H3,(H,16,18). The first kappa shape index (κ1) is 14.2. The number of nitrogens with one attached hydrogen (secondary N) is 1. The number of hydrogen-bond acceptors (Lipinski definition) is 4. The molecule has 1 fully saturated rings. The van der Waals surface area contributed by atoms with E-state index in [1.165, 1.54) is 7.11 Å². The second-order valence-corrected chi connectivity index (χ2v) is 4.64. The molecule has 0 aliphatic carbocycles. The SMILES string of the molecule is CCC1C(=O)NCCN1C(=O)c1c(N)cccc1OC. The average Bonchev–Trinajstić information content (AvgIpc) is 2.46. The molecule has 1 unspecified atom stereocenters. The highest BCUT2D eigenvalue weighted by molar-refractivity contribution is 6.04. The summed E-state index contributed by atoms with van der Waals surface area (Å²) in [6.45, 7) is 2.80. The highest BCUT2D eigenvalue weighted by Crippen LogP contribution is 2.27. The van der Waals surface area contributed by atoms with Crippen molar-refractivity contribution in [3.8, 4) is 5.75 Å². The number of nitrogens with two attached hydrogens (primary N) is 1. The van der Waals surface area contributed by atoms with E-state index in [0.29, 0.717) is 36.5 Å². The van der Waals surface area contributed by atoms with Gasteiger partial charge in [-0.15, -0.1) is 0 Å². The number of nitrogens with zero attached hydrogens (tertiary/aromatic N) is 1. The number of hydrogen-bond donors (Lipinski definition) is 2. The van der Waals surface area contributed by atoms with Gasteiger partial charge in [0.2, 0.25) is 5.91 Å². The Morgan fingerprint density at radius 3 is 2.95 bits per heavy atom. The Hall–Kier alpha value is -2.24. The minimum Gasteiger partial charge on any atom is -0.496 e. The minimum atomic E-state index is -0.458. The van der Waals surface area contributed by atoms with Crippen molar-refractivity contribution in [1.29, 1.82) is 0 Å². The highest BCUT2D eigenvalue weighted by atomic mass is 16.5. The molecule has 1 aromatic rings. The van der Waals surface area contributed by atoms with Gasteiger partial charge in [0.1, 0.15) is 17.4 Å². The Morgan fingerprint density at radius 1 is 1.55 bits per heavy atom. The van der Waals surface area contributed by atoms with Gasteiger partial charge in [0.15, 0.2) is 0 Å². The topological polar surface area (TPSA) is 84.7 Å². The van der Waals surface area contributed by atoms with Crippen LogP contribution in [-0.4, -0.2) is 43.0 Å². The van der Waals surface area contributed by atoms with Crippen molar-refractivity contribution in [3.05, 3.63) is 23.8 Å². The van der Waals surface area contributed by atoms with Gasteiger partial charge in [0, 0.05) is 18.8 Å². The van der Waals surface area contributed by atoms with Gasteiger partial charge in [-0.05, 0) is 18.6 Å². The Labute approximate surface area is 117 Å². The van der Waals surface area contributed by atoms with Crippen LogP contribution in [0.1, 0.15) is 23.7 Å². The summed E-state index contributed by atoms with van der Waals surface area (Å²) in [5, 5.41) is 2.77. The molecule has 1 saturated heterocycles. The molecule has 0 aromatic heterocycles. The normalized spacial score (nSPS) is 18.6. The fourth-order valence-corrected chi connectivity index (χ4v) is 2.45. The lowest BCUT2D eigenvalue weighted by molar-refractivity contribution is -0.127. The first-order valence-corrected chi connectivity index (χ1v) is 6.61. The number of anilines is 1. The summed E-state index contributed by atoms with van der Waals surface area (Å²) in [6.07, 6.45) is 0.562. The van der Waals surface area contributed by atoms with Crippen molar-refractivity contribution < 1.29 is 14.3 Å². The van der Waals surface area contributed by atoms with E-state index < -0.39 is 6.04 Å². The molecule has 0 bridgehead atoms. The maximum atomic E-state index is 12.7. The molecule has 6 heteroatoms. The van der Waals surface area contributed by atoms with Crippen molar-refractivity contribution in [2.24, 2.45) is 0 Å². The van der Waals surface area contributed by atoms with Crippen LogP contribution in [-0.2, 0) is 4.79 Å². The number of carbonyl (C=O) groups excluding carboxylic acids is 2. The van der Waals surface area contributed by atoms with E-state index in [2.05, 4.69) is 5.32 Å². The third-order valence-electron chi connectivity index (χ3n) is 3.47. The molecule has 1 aliphatic rings. The maximum Gasteiger partial charge on any atom is 0.260 e. The smallest absolute Gasteiger partial charge is 0.260 e. The monoisotopic (exact) mass is 277 g/mol. The van der Waals surface area contributed by atoms with Crippen LogP contribution >= 0.6 is 0 Å². The molecule has 20 heavy (non-hydrogen) atoms. The van der Waals surface area contributed by atoms with Crippen LogP contribution < -0.4 is 15.8 Å². The summed E-state index contributed by atoms with van der Waals surface area (Å²) in [7, 11) is 1.49. The first-order chi connectivity index (χ1) is 9.60. The van der Waals surface area contributed by atoms with E-state index in [4.69, 9.17) is 10.5 Å². The van der Waals surface area contributed by atoms with Crippen LogP contribution in [0.3, 0.4) is 0 Å². The summed E-state index contributed by atoms with van der Waals surface area (Å²) in [6, 6.07) is 4.61. The van der Waals surface area contributed by atoms with Crippen LogP contribution in [0.4, 0.5) is 5.69 Å². The van der Waals surface area contributed by atoms with Gasteiger partial charge in [-0.25, -0.2) is 0 Å². The molecule has 0 radical (unpaired) electrons. The van der Waals surface area contributed by atoms with Crippen LogP contribution in [0.2, 0.25) is 0 Å². The molecule has 0 spiro atoms. The Morgan fingerprint density at radius 2 is 2.30 bits per heavy atom. The number of ether oxygens (including phenoxy) is 1. The molecule has 6 nitrogen and oxygen atoms in total. The van der Waals surface area contributed by atoms with Gasteiger partial charge in [-0.1, -0.05) is 13.0 Å². The second-order valence-electron chi connectivity index (χ2n) is 4.64. The van der Waals surface area contributed by atoms with Gasteiger partial charge in [-0.3, -0.25) is 9.59 Å². The van der Waals surface area contributed by atoms with Crippen molar-refractivity contribution in [3.63, 3.8) is 0 Å². The lowest BCUT2D eigenvalue weighted by Crippen LogP contribution is -2.57. The molecule has 2 amide bonds. The number of rotatable bonds is 3. The molecule has 2 rings (SSSR count). The predicted octanol–water partition coefficient (Wildman–Crippen LogP) is 0.628. The highest BCUT2D eigenvalue weighted by Gasteiger charge is 2.33. The third-order valence-corrected chi connectivity index (χ3v) is 3.47. The Kier molecular flexibility index (Phi) is 4.12. The summed E-state index contributed by atoms with van der Waals surface area (Å²) in [4.78, 5) is 26.1. The molecule has 0 saturated carbocycles. The van der Waals surface area contributed by atoms with Gasteiger partial charge in [0.25, 0.3) is 5.91 Å². The molecule has 1 aromatic carbocycles. The summed E-state index contributed by atoms with van der Waals surface area (Å²) in [5.41, 5.74) is 6.58. The van der Waals surface area contributed by atoms with E-state index in [1.54, 1.807) is 23.1 Å². The fraction of sp³-hybridized carbons (Fsp3) is 0.429. The first-order valence-electron chi connectivity index (χ1n) is 6.61.